The van der Waals surface area contributed by atoms with Gasteiger partial charge in [0, 0.05) is 11.3 Å². The maximum Gasteiger partial charge on any atom is 0.181 e. The quantitative estimate of drug-likeness (QED) is 0.769. The number of aromatic nitrogens is 2. The molecular formula is C10H10N2OS2. The molecule has 0 bridgehead atoms. The molecular weight excluding hydrogens is 228 g/mol. The summed E-state index contributed by atoms with van der Waals surface area (Å²) >= 11 is 2.80. The Morgan fingerprint density at radius 3 is 3.07 bits per heavy atom. The lowest BCUT2D eigenvalue weighted by molar-refractivity contribution is 0.0996. The van der Waals surface area contributed by atoms with Gasteiger partial charge in [-0.3, -0.25) is 4.79 Å². The molecule has 0 aliphatic carbocycles. The van der Waals surface area contributed by atoms with Crippen molar-refractivity contribution < 1.29 is 4.79 Å². The van der Waals surface area contributed by atoms with Gasteiger partial charge in [0.15, 0.2) is 5.78 Å². The molecule has 2 rings (SSSR count). The number of hydrogen-bond acceptors (Lipinski definition) is 5. The average molecular weight is 238 g/mol. The number of aryl methyl sites for hydroxylation is 1. The van der Waals surface area contributed by atoms with Crippen LogP contribution < -0.4 is 0 Å². The fourth-order valence-corrected chi connectivity index (χ4v) is 2.69. The van der Waals surface area contributed by atoms with Gasteiger partial charge in [0.05, 0.1) is 5.69 Å². The van der Waals surface area contributed by atoms with Crippen LogP contribution in [-0.4, -0.2) is 15.4 Å². The maximum absolute atomic E-state index is 11.9. The normalized spacial score (nSPS) is 10.5. The Morgan fingerprint density at radius 1 is 1.53 bits per heavy atom. The number of carbonyl (C=O) groups is 1. The second-order valence-electron chi connectivity index (χ2n) is 3.08. The maximum atomic E-state index is 11.9. The fourth-order valence-electron chi connectivity index (χ4n) is 1.30. The molecule has 0 saturated heterocycles. The predicted molar refractivity (Wildman–Crippen MR) is 61.6 cm³/mol. The summed E-state index contributed by atoms with van der Waals surface area (Å²) in [6.45, 7) is 1.98. The van der Waals surface area contributed by atoms with Crippen molar-refractivity contribution in [3.8, 4) is 0 Å². The van der Waals surface area contributed by atoms with Crippen molar-refractivity contribution in [3.05, 3.63) is 33.0 Å². The third-order valence-electron chi connectivity index (χ3n) is 2.06. The molecule has 0 saturated carbocycles. The van der Waals surface area contributed by atoms with Crippen molar-refractivity contribution >= 4 is 28.7 Å². The Kier molecular flexibility index (Phi) is 3.23. The van der Waals surface area contributed by atoms with Crippen LogP contribution in [0.5, 0.6) is 0 Å². The highest BCUT2D eigenvalue weighted by Gasteiger charge is 2.15. The number of carbonyl (C=O) groups excluding carboxylic acids is 1. The van der Waals surface area contributed by atoms with Crippen LogP contribution in [0.4, 0.5) is 0 Å². The lowest BCUT2D eigenvalue weighted by atomic mass is 10.1. The standard InChI is InChI=1S/C10H10N2OS2/c1-2-8-10(15-12-11-8)9(13)6-7-4-3-5-14-7/h3-5H,2,6H2,1H3. The summed E-state index contributed by atoms with van der Waals surface area (Å²) in [5.41, 5.74) is 0.821. The van der Waals surface area contributed by atoms with Crippen LogP contribution in [0.2, 0.25) is 0 Å². The summed E-state index contributed by atoms with van der Waals surface area (Å²) in [7, 11) is 0. The molecule has 0 spiro atoms. The monoisotopic (exact) mass is 238 g/mol. The van der Waals surface area contributed by atoms with Crippen LogP contribution in [0.1, 0.15) is 27.2 Å². The molecule has 0 aliphatic heterocycles. The van der Waals surface area contributed by atoms with Crippen LogP contribution >= 0.6 is 22.9 Å². The zero-order valence-corrected chi connectivity index (χ0v) is 9.90. The van der Waals surface area contributed by atoms with E-state index in [1.165, 1.54) is 11.5 Å². The summed E-state index contributed by atoms with van der Waals surface area (Å²) in [5, 5.41) is 5.92. The first kappa shape index (κ1) is 10.4. The number of rotatable bonds is 4. The molecule has 0 aromatic carbocycles. The van der Waals surface area contributed by atoms with Gasteiger partial charge >= 0.3 is 0 Å². The second kappa shape index (κ2) is 4.63. The molecule has 0 radical (unpaired) electrons. The van der Waals surface area contributed by atoms with E-state index < -0.39 is 0 Å². The van der Waals surface area contributed by atoms with E-state index in [9.17, 15) is 4.79 Å². The number of nitrogens with zero attached hydrogens (tertiary/aromatic N) is 2. The van der Waals surface area contributed by atoms with Crippen molar-refractivity contribution in [2.45, 2.75) is 19.8 Å². The summed E-state index contributed by atoms with van der Waals surface area (Å²) < 4.78 is 3.82. The molecule has 2 aromatic heterocycles. The molecule has 78 valence electrons. The first-order valence-corrected chi connectivity index (χ1v) is 6.33. The van der Waals surface area contributed by atoms with Gasteiger partial charge in [-0.25, -0.2) is 0 Å². The molecule has 15 heavy (non-hydrogen) atoms. The average Bonchev–Trinajstić information content (AvgIpc) is 2.86. The summed E-state index contributed by atoms with van der Waals surface area (Å²) in [6.07, 6.45) is 1.23. The molecule has 0 aliphatic rings. The van der Waals surface area contributed by atoms with Crippen LogP contribution in [0.25, 0.3) is 0 Å². The van der Waals surface area contributed by atoms with Gasteiger partial charge in [0.1, 0.15) is 4.88 Å². The van der Waals surface area contributed by atoms with E-state index in [-0.39, 0.29) is 5.78 Å². The molecule has 0 fully saturated rings. The zero-order valence-electron chi connectivity index (χ0n) is 8.27. The van der Waals surface area contributed by atoms with Crippen molar-refractivity contribution in [2.24, 2.45) is 0 Å². The molecule has 5 heteroatoms. The van der Waals surface area contributed by atoms with E-state index in [1.807, 2.05) is 24.4 Å². The van der Waals surface area contributed by atoms with Gasteiger partial charge in [0.2, 0.25) is 0 Å². The number of ketones is 1. The van der Waals surface area contributed by atoms with Gasteiger partial charge in [0.25, 0.3) is 0 Å². The zero-order chi connectivity index (χ0) is 10.7. The van der Waals surface area contributed by atoms with Gasteiger partial charge in [-0.2, -0.15) is 0 Å². The minimum Gasteiger partial charge on any atom is -0.293 e. The lowest BCUT2D eigenvalue weighted by Gasteiger charge is -1.96. The largest absolute Gasteiger partial charge is 0.293 e. The minimum absolute atomic E-state index is 0.129. The van der Waals surface area contributed by atoms with E-state index in [0.717, 1.165) is 17.0 Å². The topological polar surface area (TPSA) is 42.9 Å². The lowest BCUT2D eigenvalue weighted by Crippen LogP contribution is -2.03. The van der Waals surface area contributed by atoms with Gasteiger partial charge in [-0.1, -0.05) is 17.5 Å². The Hall–Kier alpha value is -1.07. The smallest absolute Gasteiger partial charge is 0.181 e. The highest BCUT2D eigenvalue weighted by Crippen LogP contribution is 2.17. The second-order valence-corrected chi connectivity index (χ2v) is 4.87. The fraction of sp³-hybridized carbons (Fsp3) is 0.300. The Balaban J connectivity index is 2.15. The molecule has 2 heterocycles. The molecule has 2 aromatic rings. The SMILES string of the molecule is CCc1nnsc1C(=O)Cc1cccs1. The molecule has 0 amide bonds. The Morgan fingerprint density at radius 2 is 2.40 bits per heavy atom. The van der Waals surface area contributed by atoms with Crippen molar-refractivity contribution in [1.29, 1.82) is 0 Å². The molecule has 0 unspecified atom stereocenters. The first-order valence-electron chi connectivity index (χ1n) is 4.68. The van der Waals surface area contributed by atoms with Gasteiger partial charge in [-0.05, 0) is 29.4 Å². The van der Waals surface area contributed by atoms with E-state index >= 15 is 0 Å². The third-order valence-corrected chi connectivity index (χ3v) is 3.74. The molecule has 3 nitrogen and oxygen atoms in total. The third kappa shape index (κ3) is 2.30. The van der Waals surface area contributed by atoms with Crippen molar-refractivity contribution in [2.75, 3.05) is 0 Å². The number of thiophene rings is 1. The highest BCUT2D eigenvalue weighted by molar-refractivity contribution is 7.10. The highest BCUT2D eigenvalue weighted by atomic mass is 32.1. The van der Waals surface area contributed by atoms with Crippen LogP contribution in [0.3, 0.4) is 0 Å². The van der Waals surface area contributed by atoms with E-state index in [2.05, 4.69) is 9.59 Å². The summed E-state index contributed by atoms with van der Waals surface area (Å²) in [5.74, 6) is 0.129. The minimum atomic E-state index is 0.129. The van der Waals surface area contributed by atoms with Gasteiger partial charge < -0.3 is 0 Å². The van der Waals surface area contributed by atoms with Crippen LogP contribution in [0.15, 0.2) is 17.5 Å². The van der Waals surface area contributed by atoms with E-state index in [0.29, 0.717) is 11.3 Å². The number of hydrogen-bond donors (Lipinski definition) is 0. The van der Waals surface area contributed by atoms with Gasteiger partial charge in [-0.15, -0.1) is 16.4 Å². The Bertz CT molecular complexity index is 448. The van der Waals surface area contributed by atoms with E-state index in [1.54, 1.807) is 11.3 Å². The molecule has 0 N–H and O–H groups in total. The van der Waals surface area contributed by atoms with Crippen molar-refractivity contribution in [3.63, 3.8) is 0 Å². The summed E-state index contributed by atoms with van der Waals surface area (Å²) in [4.78, 5) is 13.7. The predicted octanol–water partition coefficient (Wildman–Crippen LogP) is 2.59. The Labute approximate surface area is 95.9 Å². The first-order chi connectivity index (χ1) is 7.31. The molecule has 0 atom stereocenters. The van der Waals surface area contributed by atoms with Crippen molar-refractivity contribution in [1.82, 2.24) is 9.59 Å². The van der Waals surface area contributed by atoms with E-state index in [4.69, 9.17) is 0 Å². The van der Waals surface area contributed by atoms with Crippen LogP contribution in [-0.2, 0) is 12.8 Å². The number of Topliss-reactive ketones (excluding diaryl/α,β-unsaturated/α-hetero) is 1. The van der Waals surface area contributed by atoms with Crippen LogP contribution in [0, 0.1) is 0 Å². The summed E-state index contributed by atoms with van der Waals surface area (Å²) in [6, 6.07) is 3.93.